The number of amidine groups is 1. The molecule has 3 amide bonds. The Morgan fingerprint density at radius 2 is 2.00 bits per heavy atom. The summed E-state index contributed by atoms with van der Waals surface area (Å²) in [6.45, 7) is 0.704. The monoisotopic (exact) mass is 364 g/mol. The van der Waals surface area contributed by atoms with Crippen LogP contribution in [0, 0.1) is 0 Å². The lowest BCUT2D eigenvalue weighted by Crippen LogP contribution is -2.63. The molecule has 1 N–H and O–H groups in total. The smallest absolute Gasteiger partial charge is 0.325 e. The Morgan fingerprint density at radius 1 is 1.27 bits per heavy atom. The minimum absolute atomic E-state index is 0.286. The number of amides is 3. The molecule has 2 aliphatic heterocycles. The van der Waals surface area contributed by atoms with Crippen LogP contribution in [0.4, 0.5) is 4.79 Å². The van der Waals surface area contributed by atoms with Crippen molar-refractivity contribution in [3.8, 4) is 0 Å². The maximum Gasteiger partial charge on any atom is 0.325 e. The zero-order chi connectivity index (χ0) is 15.7. The van der Waals surface area contributed by atoms with Gasteiger partial charge in [0.15, 0.2) is 17.0 Å². The van der Waals surface area contributed by atoms with Crippen LogP contribution in [-0.4, -0.2) is 52.3 Å². The molecular weight excluding hydrogens is 348 g/mol. The van der Waals surface area contributed by atoms with Crippen LogP contribution in [0.3, 0.4) is 0 Å². The number of urea groups is 1. The molecule has 2 heterocycles. The topological polar surface area (TPSA) is 65.0 Å². The van der Waals surface area contributed by atoms with E-state index in [1.165, 1.54) is 10.5 Å². The summed E-state index contributed by atoms with van der Waals surface area (Å²) in [6.07, 6.45) is 1.39. The van der Waals surface area contributed by atoms with Crippen LogP contribution in [0.25, 0.3) is 0 Å². The second kappa shape index (κ2) is 6.08. The third-order valence-corrected chi connectivity index (χ3v) is 4.68. The van der Waals surface area contributed by atoms with Crippen molar-refractivity contribution in [1.82, 2.24) is 15.1 Å². The molecular formula is C15H17BrN4O2. The molecule has 1 aromatic rings. The summed E-state index contributed by atoms with van der Waals surface area (Å²) in [5.74, 6) is -0.286. The highest BCUT2D eigenvalue weighted by atomic mass is 79.9. The number of nitrogens with zero attached hydrogens (tertiary/aromatic N) is 3. The van der Waals surface area contributed by atoms with Crippen LogP contribution in [0.15, 0.2) is 35.3 Å². The van der Waals surface area contributed by atoms with Crippen LogP contribution in [0.1, 0.15) is 12.0 Å². The number of nitrogens with one attached hydrogen (secondary N) is 1. The summed E-state index contributed by atoms with van der Waals surface area (Å²) in [4.78, 5) is 31.6. The molecule has 2 unspecified atom stereocenters. The van der Waals surface area contributed by atoms with Crippen molar-refractivity contribution < 1.29 is 9.59 Å². The summed E-state index contributed by atoms with van der Waals surface area (Å²) in [7, 11) is 1.65. The SMILES string of the molecule is CN1C(=O)NC(=O)C2C1N=C(Br)N2CCCc1ccccc1. The molecule has 0 spiro atoms. The molecule has 1 aromatic carbocycles. The summed E-state index contributed by atoms with van der Waals surface area (Å²) in [5, 5.41) is 2.37. The van der Waals surface area contributed by atoms with Gasteiger partial charge in [-0.1, -0.05) is 30.3 Å². The van der Waals surface area contributed by atoms with Crippen molar-refractivity contribution in [2.75, 3.05) is 13.6 Å². The number of aryl methyl sites for hydroxylation is 1. The minimum Gasteiger partial charge on any atom is -0.335 e. The molecule has 0 radical (unpaired) electrons. The van der Waals surface area contributed by atoms with E-state index < -0.39 is 18.2 Å². The first-order valence-corrected chi connectivity index (χ1v) is 7.99. The maximum absolute atomic E-state index is 12.1. The predicted octanol–water partition coefficient (Wildman–Crippen LogP) is 1.56. The van der Waals surface area contributed by atoms with E-state index in [1.54, 1.807) is 7.05 Å². The highest BCUT2D eigenvalue weighted by Gasteiger charge is 2.47. The molecule has 0 saturated carbocycles. The van der Waals surface area contributed by atoms with Crippen LogP contribution in [0.5, 0.6) is 0 Å². The first-order chi connectivity index (χ1) is 10.6. The summed E-state index contributed by atoms with van der Waals surface area (Å²) in [6, 6.07) is 9.37. The Bertz CT molecular complexity index is 619. The molecule has 6 nitrogen and oxygen atoms in total. The molecule has 22 heavy (non-hydrogen) atoms. The second-order valence-electron chi connectivity index (χ2n) is 5.44. The van der Waals surface area contributed by atoms with E-state index in [1.807, 2.05) is 23.1 Å². The van der Waals surface area contributed by atoms with Gasteiger partial charge in [-0.05, 0) is 34.3 Å². The molecule has 0 aromatic heterocycles. The predicted molar refractivity (Wildman–Crippen MR) is 86.7 cm³/mol. The van der Waals surface area contributed by atoms with E-state index in [9.17, 15) is 9.59 Å². The highest BCUT2D eigenvalue weighted by Crippen LogP contribution is 2.26. The van der Waals surface area contributed by atoms with E-state index in [2.05, 4.69) is 38.4 Å². The second-order valence-corrected chi connectivity index (χ2v) is 6.15. The van der Waals surface area contributed by atoms with Gasteiger partial charge in [0.1, 0.15) is 0 Å². The van der Waals surface area contributed by atoms with Crippen LogP contribution in [0.2, 0.25) is 0 Å². The van der Waals surface area contributed by atoms with Gasteiger partial charge in [0, 0.05) is 13.6 Å². The summed E-state index contributed by atoms with van der Waals surface area (Å²) < 4.78 is 0.632. The van der Waals surface area contributed by atoms with Gasteiger partial charge in [-0.2, -0.15) is 0 Å². The highest BCUT2D eigenvalue weighted by molar-refractivity contribution is 9.18. The quantitative estimate of drug-likeness (QED) is 0.824. The Balaban J connectivity index is 1.65. The molecule has 0 aliphatic carbocycles. The fraction of sp³-hybridized carbons (Fsp3) is 0.400. The molecule has 1 fully saturated rings. The van der Waals surface area contributed by atoms with E-state index in [4.69, 9.17) is 0 Å². The van der Waals surface area contributed by atoms with E-state index in [0.717, 1.165) is 12.8 Å². The Kier molecular flexibility index (Phi) is 4.15. The Labute approximate surface area is 137 Å². The zero-order valence-electron chi connectivity index (χ0n) is 12.2. The molecule has 0 bridgehead atoms. The van der Waals surface area contributed by atoms with Crippen molar-refractivity contribution in [2.24, 2.45) is 4.99 Å². The standard InChI is InChI=1S/C15H17BrN4O2/c1-19-12-11(13(21)18-15(19)22)20(14(16)17-12)9-5-8-10-6-3-2-4-7-10/h2-4,6-7,11-12H,5,8-9H2,1H3,(H,18,21,22). The van der Waals surface area contributed by atoms with Crippen molar-refractivity contribution in [3.05, 3.63) is 35.9 Å². The van der Waals surface area contributed by atoms with Gasteiger partial charge in [-0.15, -0.1) is 0 Å². The number of rotatable bonds is 4. The Morgan fingerprint density at radius 3 is 2.73 bits per heavy atom. The number of benzene rings is 1. The third-order valence-electron chi connectivity index (χ3n) is 4.02. The number of carbonyl (C=O) groups excluding carboxylic acids is 2. The lowest BCUT2D eigenvalue weighted by Gasteiger charge is -2.35. The van der Waals surface area contributed by atoms with E-state index in [0.29, 0.717) is 11.3 Å². The number of fused-ring (bicyclic) bond motifs is 1. The number of imide groups is 1. The van der Waals surface area contributed by atoms with Crippen LogP contribution in [-0.2, 0) is 11.2 Å². The maximum atomic E-state index is 12.1. The number of likely N-dealkylation sites (N-methyl/N-ethyl adjacent to an activating group) is 1. The number of hydrogen-bond donors (Lipinski definition) is 1. The molecule has 3 rings (SSSR count). The molecule has 2 atom stereocenters. The van der Waals surface area contributed by atoms with Crippen LogP contribution >= 0.6 is 15.9 Å². The normalized spacial score (nSPS) is 24.2. The average Bonchev–Trinajstić information content (AvgIpc) is 2.84. The van der Waals surface area contributed by atoms with E-state index >= 15 is 0 Å². The van der Waals surface area contributed by atoms with Gasteiger partial charge in [-0.3, -0.25) is 10.1 Å². The summed E-state index contributed by atoms with van der Waals surface area (Å²) in [5.41, 5.74) is 1.27. The first kappa shape index (κ1) is 15.0. The van der Waals surface area contributed by atoms with Gasteiger partial charge in [0.05, 0.1) is 0 Å². The Hall–Kier alpha value is -1.89. The van der Waals surface area contributed by atoms with E-state index in [-0.39, 0.29) is 5.91 Å². The number of aliphatic imine (C=N–C) groups is 1. The van der Waals surface area contributed by atoms with Gasteiger partial charge in [0.2, 0.25) is 0 Å². The molecule has 1 saturated heterocycles. The first-order valence-electron chi connectivity index (χ1n) is 7.19. The lowest BCUT2D eigenvalue weighted by atomic mass is 10.1. The fourth-order valence-electron chi connectivity index (χ4n) is 2.82. The van der Waals surface area contributed by atoms with Gasteiger partial charge in [0.25, 0.3) is 5.91 Å². The number of carbonyl (C=O) groups is 2. The van der Waals surface area contributed by atoms with Gasteiger partial charge < -0.3 is 9.80 Å². The van der Waals surface area contributed by atoms with Crippen LogP contribution < -0.4 is 5.32 Å². The average molecular weight is 365 g/mol. The van der Waals surface area contributed by atoms with Gasteiger partial charge in [-0.25, -0.2) is 9.79 Å². The summed E-state index contributed by atoms with van der Waals surface area (Å²) >= 11 is 3.41. The molecule has 7 heteroatoms. The zero-order valence-corrected chi connectivity index (χ0v) is 13.8. The lowest BCUT2D eigenvalue weighted by molar-refractivity contribution is -0.127. The molecule has 2 aliphatic rings. The number of hydrogen-bond acceptors (Lipinski definition) is 4. The van der Waals surface area contributed by atoms with Crippen molar-refractivity contribution in [1.29, 1.82) is 0 Å². The third kappa shape index (κ3) is 2.72. The van der Waals surface area contributed by atoms with Crippen molar-refractivity contribution >= 4 is 32.6 Å². The van der Waals surface area contributed by atoms with Crippen molar-refractivity contribution in [3.63, 3.8) is 0 Å². The fourth-order valence-corrected chi connectivity index (χ4v) is 3.43. The number of halogens is 1. The largest absolute Gasteiger partial charge is 0.335 e. The van der Waals surface area contributed by atoms with Crippen molar-refractivity contribution in [2.45, 2.75) is 25.0 Å². The van der Waals surface area contributed by atoms with Gasteiger partial charge >= 0.3 is 6.03 Å². The minimum atomic E-state index is -0.452. The molecule has 116 valence electrons.